The van der Waals surface area contributed by atoms with Crippen LogP contribution < -0.4 is 5.32 Å². The van der Waals surface area contributed by atoms with Crippen molar-refractivity contribution in [1.29, 1.82) is 0 Å². The van der Waals surface area contributed by atoms with E-state index in [1.165, 1.54) is 0 Å². The number of benzene rings is 2. The maximum absolute atomic E-state index is 13.1. The number of carbonyl (C=O) groups excluding carboxylic acids is 1. The van der Waals surface area contributed by atoms with Crippen molar-refractivity contribution >= 4 is 16.9 Å². The van der Waals surface area contributed by atoms with Gasteiger partial charge in [-0.3, -0.25) is 4.79 Å². The predicted octanol–water partition coefficient (Wildman–Crippen LogP) is 3.36. The average Bonchev–Trinajstić information content (AvgIpc) is 3.15. The third-order valence-electron chi connectivity index (χ3n) is 5.42. The van der Waals surface area contributed by atoms with Gasteiger partial charge in [0.05, 0.1) is 16.4 Å². The molecule has 2 heterocycles. The molecule has 1 aliphatic heterocycles. The highest BCUT2D eigenvalue weighted by Crippen LogP contribution is 2.35. The number of rotatable bonds is 6. The fourth-order valence-electron chi connectivity index (χ4n) is 3.87. The smallest absolute Gasteiger partial charge is 0.230 e. The molecule has 0 spiro atoms. The van der Waals surface area contributed by atoms with E-state index in [0.717, 1.165) is 48.1 Å². The number of aromatic amines is 1. The number of aromatic nitrogens is 2. The lowest BCUT2D eigenvalue weighted by molar-refractivity contribution is -0.130. The van der Waals surface area contributed by atoms with Gasteiger partial charge in [-0.1, -0.05) is 42.5 Å². The molecule has 2 aromatic carbocycles. The van der Waals surface area contributed by atoms with Crippen LogP contribution in [-0.4, -0.2) is 35.6 Å². The average molecular weight is 363 g/mol. The van der Waals surface area contributed by atoms with Crippen molar-refractivity contribution in [3.05, 3.63) is 66.0 Å². The fraction of sp³-hybridized carbons (Fsp3) is 0.364. The van der Waals surface area contributed by atoms with Crippen molar-refractivity contribution in [3.8, 4) is 0 Å². The molecule has 1 saturated heterocycles. The van der Waals surface area contributed by atoms with Crippen LogP contribution in [0.2, 0.25) is 0 Å². The van der Waals surface area contributed by atoms with E-state index in [-0.39, 0.29) is 5.91 Å². The number of H-pyrrole nitrogens is 1. The summed E-state index contributed by atoms with van der Waals surface area (Å²) < 4.78 is 5.52. The summed E-state index contributed by atoms with van der Waals surface area (Å²) in [5, 5.41) is 3.16. The third-order valence-corrected chi connectivity index (χ3v) is 5.42. The van der Waals surface area contributed by atoms with Crippen LogP contribution in [0.15, 0.2) is 54.6 Å². The molecule has 1 aliphatic rings. The van der Waals surface area contributed by atoms with Crippen LogP contribution in [0.4, 0.5) is 0 Å². The number of carbonyl (C=O) groups is 1. The molecule has 1 amide bonds. The Bertz CT molecular complexity index is 865. The highest BCUT2D eigenvalue weighted by atomic mass is 16.5. The second-order valence-electron chi connectivity index (χ2n) is 7.12. The number of fused-ring (bicyclic) bond motifs is 1. The Hall–Kier alpha value is -2.66. The van der Waals surface area contributed by atoms with Gasteiger partial charge >= 0.3 is 0 Å². The third kappa shape index (κ3) is 3.74. The molecule has 27 heavy (non-hydrogen) atoms. The highest BCUT2D eigenvalue weighted by molar-refractivity contribution is 5.88. The van der Waals surface area contributed by atoms with E-state index < -0.39 is 5.41 Å². The summed E-state index contributed by atoms with van der Waals surface area (Å²) in [6.07, 6.45) is 3.13. The molecule has 2 N–H and O–H groups in total. The Morgan fingerprint density at radius 2 is 1.81 bits per heavy atom. The van der Waals surface area contributed by atoms with Crippen molar-refractivity contribution in [2.45, 2.75) is 31.1 Å². The minimum Gasteiger partial charge on any atom is -0.381 e. The molecular weight excluding hydrogens is 338 g/mol. The van der Waals surface area contributed by atoms with E-state index in [0.29, 0.717) is 19.8 Å². The maximum Gasteiger partial charge on any atom is 0.230 e. The summed E-state index contributed by atoms with van der Waals surface area (Å²) in [4.78, 5) is 21.0. The van der Waals surface area contributed by atoms with Crippen LogP contribution in [0.25, 0.3) is 11.0 Å². The lowest BCUT2D eigenvalue weighted by Gasteiger charge is -2.36. The first kappa shape index (κ1) is 17.7. The van der Waals surface area contributed by atoms with Gasteiger partial charge in [0.1, 0.15) is 5.82 Å². The molecule has 0 saturated carbocycles. The summed E-state index contributed by atoms with van der Waals surface area (Å²) in [6.45, 7) is 1.90. The summed E-state index contributed by atoms with van der Waals surface area (Å²) in [7, 11) is 0. The second kappa shape index (κ2) is 7.92. The van der Waals surface area contributed by atoms with Crippen LogP contribution in [0, 0.1) is 0 Å². The van der Waals surface area contributed by atoms with Crippen molar-refractivity contribution in [2.24, 2.45) is 0 Å². The van der Waals surface area contributed by atoms with Crippen LogP contribution in [0.1, 0.15) is 30.7 Å². The molecule has 3 aromatic rings. The quantitative estimate of drug-likeness (QED) is 0.660. The van der Waals surface area contributed by atoms with Crippen LogP contribution in [0.5, 0.6) is 0 Å². The van der Waals surface area contributed by atoms with Crippen molar-refractivity contribution in [3.63, 3.8) is 0 Å². The van der Waals surface area contributed by atoms with Gasteiger partial charge in [0.25, 0.3) is 0 Å². The van der Waals surface area contributed by atoms with Crippen LogP contribution in [0.3, 0.4) is 0 Å². The fourth-order valence-corrected chi connectivity index (χ4v) is 3.87. The zero-order valence-corrected chi connectivity index (χ0v) is 15.4. The highest BCUT2D eigenvalue weighted by Gasteiger charge is 2.41. The summed E-state index contributed by atoms with van der Waals surface area (Å²) >= 11 is 0. The van der Waals surface area contributed by atoms with E-state index in [1.807, 2.05) is 42.5 Å². The molecule has 1 aromatic heterocycles. The van der Waals surface area contributed by atoms with Crippen LogP contribution in [-0.2, 0) is 21.4 Å². The first-order chi connectivity index (χ1) is 13.3. The van der Waals surface area contributed by atoms with E-state index in [1.54, 1.807) is 0 Å². The van der Waals surface area contributed by atoms with Gasteiger partial charge in [-0.2, -0.15) is 0 Å². The summed E-state index contributed by atoms with van der Waals surface area (Å²) in [5.74, 6) is 1.08. The number of aryl methyl sites for hydroxylation is 1. The zero-order valence-electron chi connectivity index (χ0n) is 15.4. The normalized spacial score (nSPS) is 16.3. The lowest BCUT2D eigenvalue weighted by atomic mass is 9.73. The number of hydrogen-bond acceptors (Lipinski definition) is 3. The summed E-state index contributed by atoms with van der Waals surface area (Å²) in [5.41, 5.74) is 2.66. The van der Waals surface area contributed by atoms with Gasteiger partial charge in [0.2, 0.25) is 5.91 Å². The van der Waals surface area contributed by atoms with Gasteiger partial charge in [-0.15, -0.1) is 0 Å². The largest absolute Gasteiger partial charge is 0.381 e. The molecule has 140 valence electrons. The number of nitrogens with zero attached hydrogens (tertiary/aromatic N) is 1. The molecule has 0 radical (unpaired) electrons. The monoisotopic (exact) mass is 363 g/mol. The lowest BCUT2D eigenvalue weighted by Crippen LogP contribution is -2.48. The molecule has 5 nitrogen and oxygen atoms in total. The van der Waals surface area contributed by atoms with E-state index in [9.17, 15) is 4.79 Å². The number of hydrogen-bond donors (Lipinski definition) is 2. The van der Waals surface area contributed by atoms with E-state index >= 15 is 0 Å². The maximum atomic E-state index is 13.1. The molecule has 1 fully saturated rings. The zero-order chi connectivity index (χ0) is 18.5. The predicted molar refractivity (Wildman–Crippen MR) is 106 cm³/mol. The SMILES string of the molecule is O=C(NCCCc1nc2ccccc2[nH]1)C1(c2ccccc2)CCOCC1. The van der Waals surface area contributed by atoms with E-state index in [2.05, 4.69) is 27.4 Å². The number of ether oxygens (including phenoxy) is 1. The molecular formula is C22H25N3O2. The van der Waals surface area contributed by atoms with Crippen molar-refractivity contribution in [2.75, 3.05) is 19.8 Å². The molecule has 0 unspecified atom stereocenters. The Morgan fingerprint density at radius 3 is 2.59 bits per heavy atom. The Labute approximate surface area is 159 Å². The first-order valence-corrected chi connectivity index (χ1v) is 9.63. The minimum absolute atomic E-state index is 0.113. The van der Waals surface area contributed by atoms with Crippen LogP contribution >= 0.6 is 0 Å². The minimum atomic E-state index is -0.473. The van der Waals surface area contributed by atoms with Crippen molar-refractivity contribution < 1.29 is 9.53 Å². The molecule has 0 aliphatic carbocycles. The van der Waals surface area contributed by atoms with Gasteiger partial charge in [0.15, 0.2) is 0 Å². The number of imidazole rings is 1. The van der Waals surface area contributed by atoms with Gasteiger partial charge < -0.3 is 15.0 Å². The summed E-state index contributed by atoms with van der Waals surface area (Å²) in [6, 6.07) is 18.1. The Balaban J connectivity index is 1.37. The molecule has 0 atom stereocenters. The standard InChI is InChI=1S/C22H25N3O2/c26-21(22(12-15-27-16-13-22)17-7-2-1-3-8-17)23-14-6-11-20-24-18-9-4-5-10-19(18)25-20/h1-5,7-10H,6,11-16H2,(H,23,26)(H,24,25). The van der Waals surface area contributed by atoms with Gasteiger partial charge in [-0.25, -0.2) is 4.98 Å². The first-order valence-electron chi connectivity index (χ1n) is 9.63. The Morgan fingerprint density at radius 1 is 1.07 bits per heavy atom. The second-order valence-corrected chi connectivity index (χ2v) is 7.12. The van der Waals surface area contributed by atoms with E-state index in [4.69, 9.17) is 4.74 Å². The topological polar surface area (TPSA) is 67.0 Å². The molecule has 4 rings (SSSR count). The molecule has 0 bridgehead atoms. The Kier molecular flexibility index (Phi) is 5.21. The van der Waals surface area contributed by atoms with Gasteiger partial charge in [0, 0.05) is 26.2 Å². The molecule has 5 heteroatoms. The number of nitrogens with one attached hydrogen (secondary N) is 2. The van der Waals surface area contributed by atoms with Crippen molar-refractivity contribution in [1.82, 2.24) is 15.3 Å². The number of para-hydroxylation sites is 2. The number of amides is 1. The van der Waals surface area contributed by atoms with Gasteiger partial charge in [-0.05, 0) is 37.0 Å².